The summed E-state index contributed by atoms with van der Waals surface area (Å²) in [6, 6.07) is 1.61. The third kappa shape index (κ3) is 3.67. The Balaban J connectivity index is 2.28. The Morgan fingerprint density at radius 2 is 2.10 bits per heavy atom. The van der Waals surface area contributed by atoms with Gasteiger partial charge in [0.1, 0.15) is 5.82 Å². The highest BCUT2D eigenvalue weighted by Gasteiger charge is 2.18. The molecular formula is C16H23FN4. The summed E-state index contributed by atoms with van der Waals surface area (Å²) in [6.07, 6.45) is 4.79. The van der Waals surface area contributed by atoms with E-state index in [1.54, 1.807) is 12.3 Å². The van der Waals surface area contributed by atoms with Crippen LogP contribution in [-0.4, -0.2) is 21.3 Å². The van der Waals surface area contributed by atoms with Crippen molar-refractivity contribution in [2.45, 2.75) is 39.7 Å². The van der Waals surface area contributed by atoms with Crippen molar-refractivity contribution in [3.63, 3.8) is 0 Å². The van der Waals surface area contributed by atoms with E-state index in [1.165, 1.54) is 11.8 Å². The molecule has 1 unspecified atom stereocenters. The molecule has 0 fully saturated rings. The van der Waals surface area contributed by atoms with Crippen LogP contribution in [0.4, 0.5) is 4.39 Å². The topological polar surface area (TPSA) is 42.7 Å². The smallest absolute Gasteiger partial charge is 0.141 e. The average molecular weight is 290 g/mol. The SMILES string of the molecule is CCCNC(Cc1c(C)nn(C)c1C)c1cncc(F)c1. The molecule has 1 atom stereocenters. The van der Waals surface area contributed by atoms with Gasteiger partial charge in [0.15, 0.2) is 0 Å². The minimum absolute atomic E-state index is 0.0507. The van der Waals surface area contributed by atoms with Crippen molar-refractivity contribution in [1.29, 1.82) is 0 Å². The number of aryl methyl sites for hydroxylation is 2. The van der Waals surface area contributed by atoms with E-state index in [9.17, 15) is 4.39 Å². The normalized spacial score (nSPS) is 12.6. The lowest BCUT2D eigenvalue weighted by Crippen LogP contribution is -2.24. The van der Waals surface area contributed by atoms with Gasteiger partial charge in [0.05, 0.1) is 11.9 Å². The Morgan fingerprint density at radius 1 is 1.33 bits per heavy atom. The molecule has 0 saturated carbocycles. The van der Waals surface area contributed by atoms with Crippen LogP contribution >= 0.6 is 0 Å². The van der Waals surface area contributed by atoms with Gasteiger partial charge in [0.2, 0.25) is 0 Å². The second kappa shape index (κ2) is 6.80. The second-order valence-electron chi connectivity index (χ2n) is 5.42. The Kier molecular flexibility index (Phi) is 5.07. The van der Waals surface area contributed by atoms with Crippen molar-refractivity contribution >= 4 is 0 Å². The monoisotopic (exact) mass is 290 g/mol. The van der Waals surface area contributed by atoms with E-state index in [0.717, 1.165) is 36.3 Å². The molecule has 0 radical (unpaired) electrons. The molecule has 0 aliphatic carbocycles. The molecule has 0 aliphatic rings. The summed E-state index contributed by atoms with van der Waals surface area (Å²) in [5.41, 5.74) is 4.28. The van der Waals surface area contributed by atoms with E-state index in [0.29, 0.717) is 0 Å². The summed E-state index contributed by atoms with van der Waals surface area (Å²) in [5.74, 6) is -0.296. The zero-order chi connectivity index (χ0) is 15.4. The largest absolute Gasteiger partial charge is 0.310 e. The first-order valence-corrected chi connectivity index (χ1v) is 7.35. The molecule has 0 amide bonds. The van der Waals surface area contributed by atoms with Gasteiger partial charge in [-0.1, -0.05) is 6.92 Å². The molecule has 4 nitrogen and oxygen atoms in total. The molecule has 2 heterocycles. The maximum absolute atomic E-state index is 13.4. The number of aromatic nitrogens is 3. The summed E-state index contributed by atoms with van der Waals surface area (Å²) in [5, 5.41) is 7.94. The molecule has 2 aromatic rings. The third-order valence-electron chi connectivity index (χ3n) is 3.84. The number of hydrogen-bond donors (Lipinski definition) is 1. The Hall–Kier alpha value is -1.75. The van der Waals surface area contributed by atoms with Crippen molar-refractivity contribution < 1.29 is 4.39 Å². The summed E-state index contributed by atoms with van der Waals surface area (Å²) in [7, 11) is 1.95. The van der Waals surface area contributed by atoms with E-state index in [2.05, 4.69) is 29.2 Å². The molecule has 0 spiro atoms. The maximum Gasteiger partial charge on any atom is 0.141 e. The zero-order valence-electron chi connectivity index (χ0n) is 13.2. The van der Waals surface area contributed by atoms with Gasteiger partial charge in [-0.3, -0.25) is 9.67 Å². The molecule has 0 saturated heterocycles. The quantitative estimate of drug-likeness (QED) is 0.889. The summed E-state index contributed by atoms with van der Waals surface area (Å²) in [4.78, 5) is 3.97. The number of halogens is 1. The zero-order valence-corrected chi connectivity index (χ0v) is 13.2. The van der Waals surface area contributed by atoms with Gasteiger partial charge in [-0.15, -0.1) is 0 Å². The first kappa shape index (κ1) is 15.6. The standard InChI is InChI=1S/C16H23FN4/c1-5-6-19-16(13-7-14(17)10-18-9-13)8-15-11(2)20-21(4)12(15)3/h7,9-10,16,19H,5-6,8H2,1-4H3. The molecule has 0 aromatic carbocycles. The van der Waals surface area contributed by atoms with Gasteiger partial charge in [0, 0.05) is 25.0 Å². The maximum atomic E-state index is 13.4. The molecule has 21 heavy (non-hydrogen) atoms. The van der Waals surface area contributed by atoms with Crippen molar-refractivity contribution in [1.82, 2.24) is 20.1 Å². The van der Waals surface area contributed by atoms with Crippen LogP contribution in [0.3, 0.4) is 0 Å². The lowest BCUT2D eigenvalue weighted by atomic mass is 9.98. The first-order valence-electron chi connectivity index (χ1n) is 7.35. The summed E-state index contributed by atoms with van der Waals surface area (Å²) >= 11 is 0. The van der Waals surface area contributed by atoms with Crippen LogP contribution in [0.15, 0.2) is 18.5 Å². The van der Waals surface area contributed by atoms with Gasteiger partial charge in [-0.2, -0.15) is 5.10 Å². The molecule has 0 aliphatic heterocycles. The number of hydrogen-bond acceptors (Lipinski definition) is 3. The van der Waals surface area contributed by atoms with Crippen molar-refractivity contribution in [3.8, 4) is 0 Å². The van der Waals surface area contributed by atoms with E-state index in [1.807, 2.05) is 18.7 Å². The van der Waals surface area contributed by atoms with E-state index >= 15 is 0 Å². The van der Waals surface area contributed by atoms with E-state index < -0.39 is 0 Å². The minimum Gasteiger partial charge on any atom is -0.310 e. The Labute approximate surface area is 125 Å². The molecule has 0 bridgehead atoms. The van der Waals surface area contributed by atoms with Crippen LogP contribution in [0.2, 0.25) is 0 Å². The van der Waals surface area contributed by atoms with Gasteiger partial charge in [0.25, 0.3) is 0 Å². The highest BCUT2D eigenvalue weighted by atomic mass is 19.1. The van der Waals surface area contributed by atoms with E-state index in [4.69, 9.17) is 0 Å². The Morgan fingerprint density at radius 3 is 2.67 bits per heavy atom. The first-order chi connectivity index (χ1) is 10.0. The van der Waals surface area contributed by atoms with Gasteiger partial charge in [-0.25, -0.2) is 4.39 Å². The Bertz CT molecular complexity index is 606. The molecule has 2 rings (SSSR count). The van der Waals surface area contributed by atoms with Crippen molar-refractivity contribution in [3.05, 3.63) is 46.8 Å². The second-order valence-corrected chi connectivity index (χ2v) is 5.42. The van der Waals surface area contributed by atoms with Gasteiger partial charge < -0.3 is 5.32 Å². The fourth-order valence-electron chi connectivity index (χ4n) is 2.56. The highest BCUT2D eigenvalue weighted by Crippen LogP contribution is 2.22. The number of pyridine rings is 1. The predicted molar refractivity (Wildman–Crippen MR) is 81.6 cm³/mol. The van der Waals surface area contributed by atoms with Crippen LogP contribution in [0.5, 0.6) is 0 Å². The van der Waals surface area contributed by atoms with Crippen LogP contribution in [-0.2, 0) is 13.5 Å². The van der Waals surface area contributed by atoms with Crippen LogP contribution in [0.25, 0.3) is 0 Å². The number of rotatable bonds is 6. The molecule has 1 N–H and O–H groups in total. The van der Waals surface area contributed by atoms with Crippen molar-refractivity contribution in [2.24, 2.45) is 7.05 Å². The lowest BCUT2D eigenvalue weighted by Gasteiger charge is -2.19. The number of nitrogens with one attached hydrogen (secondary N) is 1. The van der Waals surface area contributed by atoms with Crippen LogP contribution < -0.4 is 5.32 Å². The van der Waals surface area contributed by atoms with Crippen molar-refractivity contribution in [2.75, 3.05) is 6.54 Å². The van der Waals surface area contributed by atoms with Gasteiger partial charge >= 0.3 is 0 Å². The fraction of sp³-hybridized carbons (Fsp3) is 0.500. The molecule has 5 heteroatoms. The molecule has 2 aromatic heterocycles. The third-order valence-corrected chi connectivity index (χ3v) is 3.84. The van der Waals surface area contributed by atoms with Crippen LogP contribution in [0.1, 0.15) is 41.9 Å². The predicted octanol–water partition coefficient (Wildman–Crippen LogP) is 2.85. The fourth-order valence-corrected chi connectivity index (χ4v) is 2.56. The summed E-state index contributed by atoms with van der Waals surface area (Å²) in [6.45, 7) is 7.09. The molecular weight excluding hydrogens is 267 g/mol. The number of nitrogens with zero attached hydrogens (tertiary/aromatic N) is 3. The average Bonchev–Trinajstić information content (AvgIpc) is 2.69. The minimum atomic E-state index is -0.296. The van der Waals surface area contributed by atoms with Gasteiger partial charge in [-0.05, 0) is 50.4 Å². The van der Waals surface area contributed by atoms with E-state index in [-0.39, 0.29) is 11.9 Å². The molecule has 114 valence electrons. The highest BCUT2D eigenvalue weighted by molar-refractivity contribution is 5.28. The summed E-state index contributed by atoms with van der Waals surface area (Å²) < 4.78 is 15.3. The van der Waals surface area contributed by atoms with Crippen LogP contribution in [0, 0.1) is 19.7 Å². The lowest BCUT2D eigenvalue weighted by molar-refractivity contribution is 0.519.